The molecule has 1 heterocycles. The lowest BCUT2D eigenvalue weighted by Gasteiger charge is -2.10. The van der Waals surface area contributed by atoms with Crippen molar-refractivity contribution in [3.05, 3.63) is 83.6 Å². The summed E-state index contributed by atoms with van der Waals surface area (Å²) < 4.78 is 27.5. The van der Waals surface area contributed by atoms with Crippen LogP contribution in [0.4, 0.5) is 14.5 Å². The topological polar surface area (TPSA) is 57.8 Å². The first-order chi connectivity index (χ1) is 13.0. The molecule has 0 aliphatic rings. The van der Waals surface area contributed by atoms with Crippen molar-refractivity contribution in [1.29, 1.82) is 0 Å². The summed E-state index contributed by atoms with van der Waals surface area (Å²) in [6.45, 7) is 2.01. The van der Waals surface area contributed by atoms with Crippen LogP contribution in [0.3, 0.4) is 0 Å². The van der Waals surface area contributed by atoms with Gasteiger partial charge < -0.3 is 5.32 Å². The smallest absolute Gasteiger partial charge is 0.261 e. The van der Waals surface area contributed by atoms with Crippen LogP contribution in [-0.4, -0.2) is 16.1 Å². The van der Waals surface area contributed by atoms with E-state index in [1.807, 2.05) is 31.2 Å². The largest absolute Gasteiger partial charge is 0.322 e. The molecule has 134 valence electrons. The molecule has 1 aromatic heterocycles. The Kier molecular flexibility index (Phi) is 4.16. The van der Waals surface area contributed by atoms with Gasteiger partial charge in [-0.1, -0.05) is 18.2 Å². The van der Waals surface area contributed by atoms with Gasteiger partial charge in [0, 0.05) is 11.1 Å². The number of nitrogens with one attached hydrogen (secondary N) is 2. The number of hydrogen-bond donors (Lipinski definition) is 2. The van der Waals surface area contributed by atoms with Gasteiger partial charge in [0.1, 0.15) is 17.2 Å². The molecule has 1 amide bonds. The van der Waals surface area contributed by atoms with Gasteiger partial charge in [-0.3, -0.25) is 9.89 Å². The summed E-state index contributed by atoms with van der Waals surface area (Å²) >= 11 is 0. The molecule has 0 fully saturated rings. The van der Waals surface area contributed by atoms with Gasteiger partial charge in [-0.2, -0.15) is 5.10 Å². The zero-order valence-electron chi connectivity index (χ0n) is 14.4. The molecule has 0 bridgehead atoms. The van der Waals surface area contributed by atoms with E-state index in [0.717, 1.165) is 39.7 Å². The van der Waals surface area contributed by atoms with E-state index >= 15 is 0 Å². The summed E-state index contributed by atoms with van der Waals surface area (Å²) in [4.78, 5) is 12.2. The van der Waals surface area contributed by atoms with Crippen LogP contribution in [0.5, 0.6) is 0 Å². The molecule has 0 aliphatic carbocycles. The van der Waals surface area contributed by atoms with Crippen LogP contribution in [0.2, 0.25) is 0 Å². The molecular weight excluding hydrogens is 348 g/mol. The van der Waals surface area contributed by atoms with Gasteiger partial charge in [0.2, 0.25) is 0 Å². The van der Waals surface area contributed by atoms with Crippen molar-refractivity contribution in [1.82, 2.24) is 10.2 Å². The van der Waals surface area contributed by atoms with Crippen LogP contribution in [0, 0.1) is 18.6 Å². The van der Waals surface area contributed by atoms with Gasteiger partial charge in [-0.15, -0.1) is 0 Å². The third kappa shape index (κ3) is 3.17. The molecule has 3 aromatic carbocycles. The second-order valence-corrected chi connectivity index (χ2v) is 6.25. The van der Waals surface area contributed by atoms with E-state index in [4.69, 9.17) is 0 Å². The van der Waals surface area contributed by atoms with Crippen LogP contribution in [0.1, 0.15) is 15.9 Å². The molecule has 0 radical (unpaired) electrons. The maximum Gasteiger partial charge on any atom is 0.261 e. The Morgan fingerprint density at radius 2 is 1.74 bits per heavy atom. The number of anilines is 1. The Balaban J connectivity index is 1.60. The Morgan fingerprint density at radius 1 is 1.04 bits per heavy atom. The van der Waals surface area contributed by atoms with Crippen molar-refractivity contribution in [2.24, 2.45) is 0 Å². The number of amides is 1. The first-order valence-electron chi connectivity index (χ1n) is 8.32. The number of aryl methyl sites for hydroxylation is 1. The average molecular weight is 363 g/mol. The van der Waals surface area contributed by atoms with E-state index in [9.17, 15) is 13.6 Å². The minimum atomic E-state index is -0.896. The monoisotopic (exact) mass is 363 g/mol. The number of H-pyrrole nitrogens is 1. The summed E-state index contributed by atoms with van der Waals surface area (Å²) in [5.41, 5.74) is 3.87. The number of carbonyl (C=O) groups is 1. The van der Waals surface area contributed by atoms with Gasteiger partial charge in [-0.25, -0.2) is 8.78 Å². The Bertz CT molecular complexity index is 1130. The maximum atomic E-state index is 13.7. The van der Waals surface area contributed by atoms with Gasteiger partial charge in [0.05, 0.1) is 11.7 Å². The average Bonchev–Trinajstić information content (AvgIpc) is 3.09. The summed E-state index contributed by atoms with van der Waals surface area (Å²) in [6, 6.07) is 14.5. The Morgan fingerprint density at radius 3 is 2.44 bits per heavy atom. The number of aromatic amines is 1. The fourth-order valence-electron chi connectivity index (χ4n) is 3.06. The van der Waals surface area contributed by atoms with Crippen molar-refractivity contribution < 1.29 is 13.6 Å². The molecule has 4 rings (SSSR count). The van der Waals surface area contributed by atoms with E-state index in [-0.39, 0.29) is 0 Å². The minimum absolute atomic E-state index is 0.451. The van der Waals surface area contributed by atoms with E-state index in [0.29, 0.717) is 5.69 Å². The number of halogens is 2. The van der Waals surface area contributed by atoms with Gasteiger partial charge in [0.25, 0.3) is 5.91 Å². The van der Waals surface area contributed by atoms with Crippen LogP contribution in [0.15, 0.2) is 60.8 Å². The van der Waals surface area contributed by atoms with Crippen molar-refractivity contribution in [3.63, 3.8) is 0 Å². The second kappa shape index (κ2) is 6.64. The summed E-state index contributed by atoms with van der Waals surface area (Å²) in [5.74, 6) is -2.62. The first kappa shape index (κ1) is 16.9. The second-order valence-electron chi connectivity index (χ2n) is 6.25. The lowest BCUT2D eigenvalue weighted by atomic mass is 9.99. The van der Waals surface area contributed by atoms with Crippen LogP contribution < -0.4 is 5.32 Å². The predicted octanol–water partition coefficient (Wildman–Crippen LogP) is 5.07. The highest BCUT2D eigenvalue weighted by molar-refractivity contribution is 6.04. The minimum Gasteiger partial charge on any atom is -0.322 e. The molecule has 0 saturated heterocycles. The molecule has 0 aliphatic heterocycles. The van der Waals surface area contributed by atoms with Gasteiger partial charge >= 0.3 is 0 Å². The highest BCUT2D eigenvalue weighted by atomic mass is 19.1. The van der Waals surface area contributed by atoms with Crippen molar-refractivity contribution >= 4 is 22.5 Å². The van der Waals surface area contributed by atoms with Crippen LogP contribution >= 0.6 is 0 Å². The van der Waals surface area contributed by atoms with Gasteiger partial charge in [0.15, 0.2) is 0 Å². The molecule has 0 saturated carbocycles. The zero-order chi connectivity index (χ0) is 19.0. The van der Waals surface area contributed by atoms with Crippen LogP contribution in [-0.2, 0) is 0 Å². The molecule has 0 unspecified atom stereocenters. The predicted molar refractivity (Wildman–Crippen MR) is 101 cm³/mol. The highest BCUT2D eigenvalue weighted by Crippen LogP contribution is 2.28. The number of hydrogen-bond acceptors (Lipinski definition) is 2. The maximum absolute atomic E-state index is 13.7. The SMILES string of the molecule is Cc1cc2cn[nH]c2cc1-c1ccc(NC(=O)c2c(F)cccc2F)cc1. The Labute approximate surface area is 153 Å². The number of carbonyl (C=O) groups excluding carboxylic acids is 1. The fourth-order valence-corrected chi connectivity index (χ4v) is 3.06. The lowest BCUT2D eigenvalue weighted by molar-refractivity contribution is 0.101. The number of nitrogens with zero attached hydrogens (tertiary/aromatic N) is 1. The third-order valence-corrected chi connectivity index (χ3v) is 4.43. The molecule has 6 heteroatoms. The van der Waals surface area contributed by atoms with Crippen molar-refractivity contribution in [2.75, 3.05) is 5.32 Å². The van der Waals surface area contributed by atoms with E-state index in [1.165, 1.54) is 6.07 Å². The fraction of sp³-hybridized carbons (Fsp3) is 0.0476. The number of fused-ring (bicyclic) bond motifs is 1. The van der Waals surface area contributed by atoms with E-state index in [1.54, 1.807) is 18.3 Å². The van der Waals surface area contributed by atoms with E-state index in [2.05, 4.69) is 15.5 Å². The third-order valence-electron chi connectivity index (χ3n) is 4.43. The van der Waals surface area contributed by atoms with Gasteiger partial charge in [-0.05, 0) is 60.0 Å². The number of benzene rings is 3. The lowest BCUT2D eigenvalue weighted by Crippen LogP contribution is -2.15. The molecule has 4 nitrogen and oxygen atoms in total. The quantitative estimate of drug-likeness (QED) is 0.534. The molecule has 4 aromatic rings. The van der Waals surface area contributed by atoms with Crippen molar-refractivity contribution in [3.8, 4) is 11.1 Å². The number of rotatable bonds is 3. The Hall–Kier alpha value is -3.54. The molecule has 2 N–H and O–H groups in total. The molecule has 27 heavy (non-hydrogen) atoms. The highest BCUT2D eigenvalue weighted by Gasteiger charge is 2.17. The van der Waals surface area contributed by atoms with Crippen molar-refractivity contribution in [2.45, 2.75) is 6.92 Å². The normalized spacial score (nSPS) is 10.9. The number of aromatic nitrogens is 2. The summed E-state index contributed by atoms with van der Waals surface area (Å²) in [5, 5.41) is 10.5. The standard InChI is InChI=1S/C21H15F2N3O/c1-12-9-14-11-24-26-19(14)10-16(12)13-5-7-15(8-6-13)25-21(27)20-17(22)3-2-4-18(20)23/h2-11H,1H3,(H,24,26)(H,25,27). The summed E-state index contributed by atoms with van der Waals surface area (Å²) in [6.07, 6.45) is 1.77. The molecular formula is C21H15F2N3O. The molecule has 0 spiro atoms. The first-order valence-corrected chi connectivity index (χ1v) is 8.32. The molecule has 0 atom stereocenters. The van der Waals surface area contributed by atoms with Crippen LogP contribution in [0.25, 0.3) is 22.0 Å². The van der Waals surface area contributed by atoms with E-state index < -0.39 is 23.1 Å². The summed E-state index contributed by atoms with van der Waals surface area (Å²) in [7, 11) is 0. The zero-order valence-corrected chi connectivity index (χ0v) is 14.4.